The van der Waals surface area contributed by atoms with Crippen LogP contribution in [-0.2, 0) is 0 Å². The van der Waals surface area contributed by atoms with Crippen LogP contribution in [0.5, 0.6) is 0 Å². The van der Waals surface area contributed by atoms with Crippen molar-refractivity contribution in [2.45, 2.75) is 0 Å². The molecule has 134 valence electrons. The fourth-order valence-corrected chi connectivity index (χ4v) is 2.37. The number of azo groups is 1. The second-order valence-electron chi connectivity index (χ2n) is 5.38. The van der Waals surface area contributed by atoms with Crippen LogP contribution in [-0.4, -0.2) is 56.7 Å². The van der Waals surface area contributed by atoms with Crippen LogP contribution in [0.15, 0.2) is 59.0 Å². The van der Waals surface area contributed by atoms with Crippen molar-refractivity contribution in [1.82, 2.24) is 20.2 Å². The summed E-state index contributed by atoms with van der Waals surface area (Å²) in [5.41, 5.74) is 2.36. The van der Waals surface area contributed by atoms with Gasteiger partial charge in [-0.25, -0.2) is 0 Å². The van der Waals surface area contributed by atoms with E-state index in [1.807, 2.05) is 29.2 Å². The molecule has 9 heteroatoms. The first-order chi connectivity index (χ1) is 12.8. The molecule has 0 atom stereocenters. The van der Waals surface area contributed by atoms with E-state index in [0.29, 0.717) is 24.6 Å². The maximum Gasteiger partial charge on any atom is 0.287 e. The van der Waals surface area contributed by atoms with Gasteiger partial charge in [-0.1, -0.05) is 0 Å². The smallest absolute Gasteiger partial charge is 0.287 e. The van der Waals surface area contributed by atoms with E-state index >= 15 is 0 Å². The summed E-state index contributed by atoms with van der Waals surface area (Å²) in [6.07, 6.45) is 3.37. The van der Waals surface area contributed by atoms with Gasteiger partial charge in [0.15, 0.2) is 5.82 Å². The summed E-state index contributed by atoms with van der Waals surface area (Å²) >= 11 is 0. The van der Waals surface area contributed by atoms with Crippen molar-refractivity contribution in [2.75, 3.05) is 31.2 Å². The van der Waals surface area contributed by atoms with E-state index in [4.69, 9.17) is 10.2 Å². The Hall–Kier alpha value is -3.17. The number of aromatic amines is 1. The first-order valence-electron chi connectivity index (χ1n) is 8.11. The summed E-state index contributed by atoms with van der Waals surface area (Å²) in [5, 5.41) is 33.2. The lowest BCUT2D eigenvalue weighted by Crippen LogP contribution is -2.29. The molecule has 3 N–H and O–H groups in total. The fraction of sp³-hybridized carbons (Fsp3) is 0.235. The third-order valence-corrected chi connectivity index (χ3v) is 3.62. The van der Waals surface area contributed by atoms with Crippen molar-refractivity contribution in [3.8, 4) is 11.4 Å². The molecule has 2 aromatic heterocycles. The number of aliphatic hydroxyl groups is 2. The summed E-state index contributed by atoms with van der Waals surface area (Å²) in [4.78, 5) is 10.2. The zero-order valence-corrected chi connectivity index (χ0v) is 14.0. The van der Waals surface area contributed by atoms with Gasteiger partial charge < -0.3 is 15.1 Å². The fourth-order valence-electron chi connectivity index (χ4n) is 2.37. The highest BCUT2D eigenvalue weighted by molar-refractivity contribution is 5.54. The molecular formula is C17H19N7O2. The minimum atomic E-state index is 0.0194. The molecule has 3 aromatic rings. The quantitative estimate of drug-likeness (QED) is 0.533. The Balaban J connectivity index is 1.68. The minimum absolute atomic E-state index is 0.0194. The van der Waals surface area contributed by atoms with Gasteiger partial charge in [0.25, 0.3) is 5.95 Å². The summed E-state index contributed by atoms with van der Waals surface area (Å²) in [5.74, 6) is 0.807. The summed E-state index contributed by atoms with van der Waals surface area (Å²) < 4.78 is 0. The number of pyridine rings is 1. The van der Waals surface area contributed by atoms with E-state index in [-0.39, 0.29) is 19.2 Å². The number of aliphatic hydroxyl groups excluding tert-OH is 2. The Bertz CT molecular complexity index is 828. The number of nitrogens with one attached hydrogen (secondary N) is 1. The van der Waals surface area contributed by atoms with Crippen molar-refractivity contribution in [2.24, 2.45) is 10.2 Å². The molecular weight excluding hydrogens is 334 g/mol. The van der Waals surface area contributed by atoms with E-state index in [1.165, 1.54) is 0 Å². The minimum Gasteiger partial charge on any atom is -0.395 e. The maximum atomic E-state index is 9.10. The Morgan fingerprint density at radius 1 is 1.00 bits per heavy atom. The number of hydrogen-bond donors (Lipinski definition) is 3. The largest absolute Gasteiger partial charge is 0.395 e. The lowest BCUT2D eigenvalue weighted by molar-refractivity contribution is 0.281. The van der Waals surface area contributed by atoms with Crippen LogP contribution in [0.1, 0.15) is 0 Å². The SMILES string of the molecule is OCCN(CCO)c1ccc(N=Nc2n[nH]c(-c3cccnc3)n2)cc1. The second-order valence-corrected chi connectivity index (χ2v) is 5.38. The number of nitrogens with zero attached hydrogens (tertiary/aromatic N) is 6. The molecule has 3 rings (SSSR count). The van der Waals surface area contributed by atoms with Crippen LogP contribution in [0.2, 0.25) is 0 Å². The standard InChI is InChI=1S/C17H19N7O2/c25-10-8-24(9-11-26)15-5-3-14(4-6-15)20-22-17-19-16(21-23-17)13-2-1-7-18-12-13/h1-7,12,25-26H,8-11H2,(H,19,21,23). The number of anilines is 1. The van der Waals surface area contributed by atoms with Crippen molar-refractivity contribution in [3.63, 3.8) is 0 Å². The molecule has 1 aromatic carbocycles. The van der Waals surface area contributed by atoms with Crippen LogP contribution < -0.4 is 4.90 Å². The van der Waals surface area contributed by atoms with Crippen LogP contribution in [0.25, 0.3) is 11.4 Å². The first-order valence-corrected chi connectivity index (χ1v) is 8.11. The Morgan fingerprint density at radius 3 is 2.42 bits per heavy atom. The van der Waals surface area contributed by atoms with Gasteiger partial charge >= 0.3 is 0 Å². The lowest BCUT2D eigenvalue weighted by atomic mass is 10.2. The number of rotatable bonds is 8. The molecule has 0 spiro atoms. The molecule has 0 bridgehead atoms. The van der Waals surface area contributed by atoms with Gasteiger partial charge in [-0.2, -0.15) is 4.98 Å². The van der Waals surface area contributed by atoms with E-state index in [1.54, 1.807) is 24.5 Å². The molecule has 9 nitrogen and oxygen atoms in total. The second kappa shape index (κ2) is 8.79. The molecule has 0 fully saturated rings. The predicted molar refractivity (Wildman–Crippen MR) is 96.6 cm³/mol. The number of hydrogen-bond acceptors (Lipinski definition) is 8. The van der Waals surface area contributed by atoms with Gasteiger partial charge in [-0.05, 0) is 36.4 Å². The normalized spacial score (nSPS) is 11.2. The van der Waals surface area contributed by atoms with Gasteiger partial charge in [0.2, 0.25) is 0 Å². The Labute approximate surface area is 150 Å². The van der Waals surface area contributed by atoms with Gasteiger partial charge in [0, 0.05) is 36.7 Å². The third-order valence-electron chi connectivity index (χ3n) is 3.62. The number of H-pyrrole nitrogens is 1. The molecule has 0 radical (unpaired) electrons. The highest BCUT2D eigenvalue weighted by Crippen LogP contribution is 2.22. The average molecular weight is 353 g/mol. The van der Waals surface area contributed by atoms with Crippen LogP contribution in [0, 0.1) is 0 Å². The predicted octanol–water partition coefficient (Wildman–Crippen LogP) is 2.07. The van der Waals surface area contributed by atoms with Gasteiger partial charge in [-0.15, -0.1) is 15.3 Å². The van der Waals surface area contributed by atoms with Crippen molar-refractivity contribution >= 4 is 17.3 Å². The van der Waals surface area contributed by atoms with Crippen LogP contribution >= 0.6 is 0 Å². The first kappa shape index (κ1) is 17.6. The van der Waals surface area contributed by atoms with Crippen LogP contribution in [0.4, 0.5) is 17.3 Å². The van der Waals surface area contributed by atoms with Crippen LogP contribution in [0.3, 0.4) is 0 Å². The monoisotopic (exact) mass is 353 g/mol. The van der Waals surface area contributed by atoms with E-state index in [0.717, 1.165) is 11.3 Å². The zero-order valence-electron chi connectivity index (χ0n) is 14.0. The Kier molecular flexibility index (Phi) is 5.96. The van der Waals surface area contributed by atoms with Gasteiger partial charge in [-0.3, -0.25) is 10.1 Å². The van der Waals surface area contributed by atoms with Gasteiger partial charge in [0.05, 0.1) is 18.9 Å². The van der Waals surface area contributed by atoms with E-state index in [9.17, 15) is 0 Å². The van der Waals surface area contributed by atoms with Gasteiger partial charge in [0.1, 0.15) is 0 Å². The maximum absolute atomic E-state index is 9.10. The molecule has 0 amide bonds. The molecule has 0 aliphatic carbocycles. The summed E-state index contributed by atoms with van der Waals surface area (Å²) in [6.45, 7) is 0.947. The van der Waals surface area contributed by atoms with Crippen molar-refractivity contribution in [3.05, 3.63) is 48.8 Å². The highest BCUT2D eigenvalue weighted by Gasteiger charge is 2.06. The molecule has 0 saturated heterocycles. The van der Waals surface area contributed by atoms with E-state index in [2.05, 4.69) is 30.4 Å². The number of aromatic nitrogens is 4. The molecule has 0 aliphatic rings. The topological polar surface area (TPSA) is 123 Å². The lowest BCUT2D eigenvalue weighted by Gasteiger charge is -2.22. The molecule has 0 saturated carbocycles. The van der Waals surface area contributed by atoms with Crippen molar-refractivity contribution < 1.29 is 10.2 Å². The molecule has 26 heavy (non-hydrogen) atoms. The third kappa shape index (κ3) is 4.47. The molecule has 2 heterocycles. The molecule has 0 unspecified atom stereocenters. The average Bonchev–Trinajstić information content (AvgIpc) is 3.16. The highest BCUT2D eigenvalue weighted by atomic mass is 16.3. The zero-order chi connectivity index (χ0) is 18.2. The van der Waals surface area contributed by atoms with E-state index < -0.39 is 0 Å². The Morgan fingerprint density at radius 2 is 1.77 bits per heavy atom. The van der Waals surface area contributed by atoms with Crippen molar-refractivity contribution in [1.29, 1.82) is 0 Å². The summed E-state index contributed by atoms with van der Waals surface area (Å²) in [7, 11) is 0. The summed E-state index contributed by atoms with van der Waals surface area (Å²) in [6, 6.07) is 11.0. The number of benzene rings is 1. The molecule has 0 aliphatic heterocycles.